The Balaban J connectivity index is 2.67. The van der Waals surface area contributed by atoms with Crippen LogP contribution in [0.25, 0.3) is 11.0 Å². The highest BCUT2D eigenvalue weighted by Crippen LogP contribution is 2.29. The molecule has 0 aliphatic rings. The summed E-state index contributed by atoms with van der Waals surface area (Å²) in [7, 11) is 0. The van der Waals surface area contributed by atoms with Crippen LogP contribution < -0.4 is 5.73 Å². The van der Waals surface area contributed by atoms with E-state index in [4.69, 9.17) is 17.3 Å². The number of hydrogen-bond acceptors (Lipinski definition) is 2. The summed E-state index contributed by atoms with van der Waals surface area (Å²) in [4.78, 5) is 7.25. The van der Waals surface area contributed by atoms with E-state index >= 15 is 0 Å². The largest absolute Gasteiger partial charge is 0.346 e. The summed E-state index contributed by atoms with van der Waals surface area (Å²) in [6.07, 6.45) is 4.46. The number of hydrogen-bond donors (Lipinski definition) is 2. The molecular weight excluding hydrogens is 198 g/mol. The third kappa shape index (κ3) is 1.38. The monoisotopic (exact) mass is 209 g/mol. The summed E-state index contributed by atoms with van der Waals surface area (Å²) in [6.45, 7) is 2.05. The van der Waals surface area contributed by atoms with Gasteiger partial charge in [0, 0.05) is 23.8 Å². The Morgan fingerprint density at radius 2 is 2.43 bits per heavy atom. The number of aromatic nitrogens is 2. The molecule has 0 aromatic carbocycles. The van der Waals surface area contributed by atoms with Gasteiger partial charge >= 0.3 is 0 Å². The van der Waals surface area contributed by atoms with Crippen molar-refractivity contribution in [2.45, 2.75) is 19.4 Å². The first-order valence-electron chi connectivity index (χ1n) is 4.61. The number of halogens is 1. The lowest BCUT2D eigenvalue weighted by atomic mass is 10.1. The van der Waals surface area contributed by atoms with Gasteiger partial charge in [0.25, 0.3) is 0 Å². The van der Waals surface area contributed by atoms with E-state index in [9.17, 15) is 0 Å². The molecule has 3 nitrogen and oxygen atoms in total. The maximum absolute atomic E-state index is 6.09. The molecule has 0 unspecified atom stereocenters. The van der Waals surface area contributed by atoms with E-state index in [0.717, 1.165) is 23.0 Å². The quantitative estimate of drug-likeness (QED) is 0.799. The normalized spacial score (nSPS) is 13.4. The molecule has 0 radical (unpaired) electrons. The SMILES string of the molecule is CC[C@H](N)c1c[nH]c2nccc(Cl)c12. The smallest absolute Gasteiger partial charge is 0.139 e. The van der Waals surface area contributed by atoms with Gasteiger partial charge in [0.2, 0.25) is 0 Å². The third-order valence-electron chi connectivity index (χ3n) is 2.39. The van der Waals surface area contributed by atoms with E-state index in [1.165, 1.54) is 0 Å². The van der Waals surface area contributed by atoms with Gasteiger partial charge in [-0.3, -0.25) is 0 Å². The number of fused-ring (bicyclic) bond motifs is 1. The lowest BCUT2D eigenvalue weighted by Gasteiger charge is -2.07. The molecular formula is C10H12ClN3. The van der Waals surface area contributed by atoms with Gasteiger partial charge in [0.1, 0.15) is 5.65 Å². The van der Waals surface area contributed by atoms with Crippen molar-refractivity contribution < 1.29 is 0 Å². The van der Waals surface area contributed by atoms with Crippen molar-refractivity contribution in [1.82, 2.24) is 9.97 Å². The maximum Gasteiger partial charge on any atom is 0.139 e. The molecule has 0 saturated carbocycles. The Morgan fingerprint density at radius 1 is 1.64 bits per heavy atom. The molecule has 0 saturated heterocycles. The minimum absolute atomic E-state index is 0.0189. The van der Waals surface area contributed by atoms with Gasteiger partial charge < -0.3 is 10.7 Å². The van der Waals surface area contributed by atoms with Crippen molar-refractivity contribution in [3.05, 3.63) is 29.0 Å². The summed E-state index contributed by atoms with van der Waals surface area (Å²) in [5.74, 6) is 0. The number of nitrogens with two attached hydrogens (primary N) is 1. The number of rotatable bonds is 2. The fourth-order valence-electron chi connectivity index (χ4n) is 1.55. The van der Waals surface area contributed by atoms with E-state index < -0.39 is 0 Å². The zero-order chi connectivity index (χ0) is 10.1. The zero-order valence-corrected chi connectivity index (χ0v) is 8.67. The fraction of sp³-hybridized carbons (Fsp3) is 0.300. The molecule has 3 N–H and O–H groups in total. The highest BCUT2D eigenvalue weighted by Gasteiger charge is 2.12. The summed E-state index contributed by atoms with van der Waals surface area (Å²) < 4.78 is 0. The zero-order valence-electron chi connectivity index (χ0n) is 7.92. The minimum Gasteiger partial charge on any atom is -0.346 e. The second kappa shape index (κ2) is 3.59. The summed E-state index contributed by atoms with van der Waals surface area (Å²) >= 11 is 6.09. The van der Waals surface area contributed by atoms with Crippen LogP contribution in [0.5, 0.6) is 0 Å². The Hall–Kier alpha value is -1.06. The van der Waals surface area contributed by atoms with Crippen molar-refractivity contribution in [1.29, 1.82) is 0 Å². The number of aromatic amines is 1. The highest BCUT2D eigenvalue weighted by molar-refractivity contribution is 6.35. The Bertz CT molecular complexity index is 450. The van der Waals surface area contributed by atoms with Crippen LogP contribution in [0.1, 0.15) is 24.9 Å². The van der Waals surface area contributed by atoms with Gasteiger partial charge in [-0.05, 0) is 18.1 Å². The van der Waals surface area contributed by atoms with E-state index in [1.807, 2.05) is 13.1 Å². The van der Waals surface area contributed by atoms with Crippen molar-refractivity contribution in [3.63, 3.8) is 0 Å². The Morgan fingerprint density at radius 3 is 3.14 bits per heavy atom. The van der Waals surface area contributed by atoms with Crippen molar-refractivity contribution >= 4 is 22.6 Å². The molecule has 2 aromatic heterocycles. The average molecular weight is 210 g/mol. The summed E-state index contributed by atoms with van der Waals surface area (Å²) in [5, 5.41) is 1.65. The van der Waals surface area contributed by atoms with Crippen LogP contribution >= 0.6 is 11.6 Å². The molecule has 1 atom stereocenters. The molecule has 4 heteroatoms. The molecule has 0 amide bonds. The fourth-order valence-corrected chi connectivity index (χ4v) is 1.81. The number of pyridine rings is 1. The molecule has 0 aliphatic heterocycles. The Labute approximate surface area is 87.3 Å². The standard InChI is InChI=1S/C10H12ClN3/c1-2-8(12)6-5-14-10-9(6)7(11)3-4-13-10/h3-5,8H,2,12H2,1H3,(H,13,14)/t8-/m0/s1. The van der Waals surface area contributed by atoms with Gasteiger partial charge in [0.05, 0.1) is 5.02 Å². The van der Waals surface area contributed by atoms with Crippen LogP contribution in [0.2, 0.25) is 5.02 Å². The van der Waals surface area contributed by atoms with Crippen molar-refractivity contribution in [3.8, 4) is 0 Å². The second-order valence-corrected chi connectivity index (χ2v) is 3.68. The Kier molecular flexibility index (Phi) is 2.44. The lowest BCUT2D eigenvalue weighted by molar-refractivity contribution is 0.704. The molecule has 14 heavy (non-hydrogen) atoms. The lowest BCUT2D eigenvalue weighted by Crippen LogP contribution is -2.07. The topological polar surface area (TPSA) is 54.7 Å². The van der Waals surface area contributed by atoms with Crippen LogP contribution in [0.4, 0.5) is 0 Å². The van der Waals surface area contributed by atoms with E-state index in [1.54, 1.807) is 12.3 Å². The summed E-state index contributed by atoms with van der Waals surface area (Å²) in [6, 6.07) is 1.80. The van der Waals surface area contributed by atoms with Crippen LogP contribution in [-0.4, -0.2) is 9.97 Å². The predicted octanol–water partition coefficient (Wildman–Crippen LogP) is 2.63. The molecule has 2 heterocycles. The van der Waals surface area contributed by atoms with Gasteiger partial charge in [-0.1, -0.05) is 18.5 Å². The second-order valence-electron chi connectivity index (χ2n) is 3.28. The molecule has 74 valence electrons. The van der Waals surface area contributed by atoms with Gasteiger partial charge in [-0.25, -0.2) is 4.98 Å². The number of nitrogens with one attached hydrogen (secondary N) is 1. The van der Waals surface area contributed by atoms with Crippen molar-refractivity contribution in [2.75, 3.05) is 0 Å². The third-order valence-corrected chi connectivity index (χ3v) is 2.71. The van der Waals surface area contributed by atoms with E-state index in [2.05, 4.69) is 9.97 Å². The molecule has 0 bridgehead atoms. The predicted molar refractivity (Wildman–Crippen MR) is 58.3 cm³/mol. The highest BCUT2D eigenvalue weighted by atomic mass is 35.5. The van der Waals surface area contributed by atoms with E-state index in [0.29, 0.717) is 5.02 Å². The van der Waals surface area contributed by atoms with Gasteiger partial charge in [0.15, 0.2) is 0 Å². The first kappa shape index (κ1) is 9.49. The average Bonchev–Trinajstić information content (AvgIpc) is 2.62. The molecule has 0 fully saturated rings. The van der Waals surface area contributed by atoms with Gasteiger partial charge in [-0.15, -0.1) is 0 Å². The van der Waals surface area contributed by atoms with Crippen LogP contribution in [0, 0.1) is 0 Å². The van der Waals surface area contributed by atoms with Crippen molar-refractivity contribution in [2.24, 2.45) is 5.73 Å². The molecule has 0 spiro atoms. The molecule has 2 aromatic rings. The summed E-state index contributed by atoms with van der Waals surface area (Å²) in [5.41, 5.74) is 7.81. The number of nitrogens with zero attached hydrogens (tertiary/aromatic N) is 1. The first-order valence-corrected chi connectivity index (χ1v) is 4.99. The molecule has 0 aliphatic carbocycles. The number of H-pyrrole nitrogens is 1. The molecule has 2 rings (SSSR count). The first-order chi connectivity index (χ1) is 6.74. The van der Waals surface area contributed by atoms with E-state index in [-0.39, 0.29) is 6.04 Å². The van der Waals surface area contributed by atoms with Gasteiger partial charge in [-0.2, -0.15) is 0 Å². The van der Waals surface area contributed by atoms with Crippen LogP contribution in [0.3, 0.4) is 0 Å². The maximum atomic E-state index is 6.09. The minimum atomic E-state index is 0.0189. The van der Waals surface area contributed by atoms with Crippen LogP contribution in [0.15, 0.2) is 18.5 Å². The van der Waals surface area contributed by atoms with Crippen LogP contribution in [-0.2, 0) is 0 Å².